The zero-order valence-corrected chi connectivity index (χ0v) is 13.2. The molecule has 2 aromatic carbocycles. The van der Waals surface area contributed by atoms with Gasteiger partial charge in [0.15, 0.2) is 0 Å². The predicted octanol–water partition coefficient (Wildman–Crippen LogP) is 3.12. The summed E-state index contributed by atoms with van der Waals surface area (Å²) in [5, 5.41) is 8.54. The quantitative estimate of drug-likeness (QED) is 0.911. The van der Waals surface area contributed by atoms with Crippen LogP contribution in [0.3, 0.4) is 0 Å². The number of anilines is 1. The molecule has 1 unspecified atom stereocenters. The molecule has 2 aromatic rings. The zero-order chi connectivity index (χ0) is 15.6. The lowest BCUT2D eigenvalue weighted by Gasteiger charge is -2.18. The molecule has 0 spiro atoms. The van der Waals surface area contributed by atoms with Gasteiger partial charge >= 0.3 is 0 Å². The van der Waals surface area contributed by atoms with E-state index in [0.29, 0.717) is 0 Å². The Hall–Kier alpha value is -1.85. The normalized spacial score (nSPS) is 13.0. The van der Waals surface area contributed by atoms with Crippen LogP contribution in [0.15, 0.2) is 47.4 Å². The van der Waals surface area contributed by atoms with Gasteiger partial charge in [0, 0.05) is 11.7 Å². The van der Waals surface area contributed by atoms with Gasteiger partial charge in [0.05, 0.1) is 4.90 Å². The summed E-state index contributed by atoms with van der Waals surface area (Å²) in [6, 6.07) is 13.0. The number of aryl methyl sites for hydroxylation is 2. The van der Waals surface area contributed by atoms with Crippen molar-refractivity contribution in [1.29, 1.82) is 0 Å². The smallest absolute Gasteiger partial charge is 0.238 e. The average molecular weight is 304 g/mol. The molecule has 1 atom stereocenters. The maximum absolute atomic E-state index is 11.2. The summed E-state index contributed by atoms with van der Waals surface area (Å²) in [5.74, 6) is 0. The largest absolute Gasteiger partial charge is 0.378 e. The number of hydrogen-bond donors (Lipinski definition) is 2. The van der Waals surface area contributed by atoms with Gasteiger partial charge in [-0.05, 0) is 55.7 Å². The molecule has 3 N–H and O–H groups in total. The van der Waals surface area contributed by atoms with Crippen LogP contribution in [0.2, 0.25) is 0 Å². The molecule has 21 heavy (non-hydrogen) atoms. The lowest BCUT2D eigenvalue weighted by molar-refractivity contribution is 0.597. The van der Waals surface area contributed by atoms with Crippen LogP contribution >= 0.6 is 0 Å². The van der Waals surface area contributed by atoms with Crippen molar-refractivity contribution in [2.45, 2.75) is 31.7 Å². The lowest BCUT2D eigenvalue weighted by Crippen LogP contribution is -2.13. The Morgan fingerprint density at radius 3 is 2.24 bits per heavy atom. The van der Waals surface area contributed by atoms with Gasteiger partial charge in [-0.1, -0.05) is 24.3 Å². The molecule has 2 rings (SSSR count). The number of primary sulfonamides is 1. The minimum Gasteiger partial charge on any atom is -0.378 e. The molecule has 0 amide bonds. The summed E-state index contributed by atoms with van der Waals surface area (Å²) in [5.41, 5.74) is 4.45. The minimum absolute atomic E-state index is 0.0695. The fourth-order valence-electron chi connectivity index (χ4n) is 2.15. The van der Waals surface area contributed by atoms with E-state index in [2.05, 4.69) is 37.4 Å². The highest BCUT2D eigenvalue weighted by Crippen LogP contribution is 2.23. The van der Waals surface area contributed by atoms with Crippen LogP contribution in [-0.4, -0.2) is 8.42 Å². The van der Waals surface area contributed by atoms with Crippen LogP contribution in [0.25, 0.3) is 0 Å². The summed E-state index contributed by atoms with van der Waals surface area (Å²) in [6.45, 7) is 6.14. The second kappa shape index (κ2) is 5.87. The molecule has 4 nitrogen and oxygen atoms in total. The highest BCUT2D eigenvalue weighted by atomic mass is 32.2. The van der Waals surface area contributed by atoms with E-state index in [1.807, 2.05) is 6.92 Å². The number of rotatable bonds is 4. The predicted molar refractivity (Wildman–Crippen MR) is 85.8 cm³/mol. The van der Waals surface area contributed by atoms with E-state index in [9.17, 15) is 8.42 Å². The van der Waals surface area contributed by atoms with Crippen molar-refractivity contribution in [3.05, 3.63) is 59.2 Å². The van der Waals surface area contributed by atoms with Crippen LogP contribution in [-0.2, 0) is 10.0 Å². The van der Waals surface area contributed by atoms with Crippen molar-refractivity contribution in [2.75, 3.05) is 5.32 Å². The fourth-order valence-corrected chi connectivity index (χ4v) is 2.67. The van der Waals surface area contributed by atoms with Crippen molar-refractivity contribution in [3.8, 4) is 0 Å². The number of sulfonamides is 1. The zero-order valence-electron chi connectivity index (χ0n) is 12.4. The molecule has 0 fully saturated rings. The SMILES string of the molecule is Cc1ccc(C)c(NC(C)c2ccc(S(N)(=O)=O)cc2)c1. The van der Waals surface area contributed by atoms with Gasteiger partial charge in [-0.15, -0.1) is 0 Å². The van der Waals surface area contributed by atoms with Crippen LogP contribution in [0.1, 0.15) is 29.7 Å². The maximum Gasteiger partial charge on any atom is 0.238 e. The molecule has 5 heteroatoms. The van der Waals surface area contributed by atoms with Crippen LogP contribution < -0.4 is 10.5 Å². The Morgan fingerprint density at radius 1 is 1.05 bits per heavy atom. The van der Waals surface area contributed by atoms with E-state index in [1.165, 1.54) is 23.3 Å². The van der Waals surface area contributed by atoms with E-state index in [0.717, 1.165) is 11.3 Å². The summed E-state index contributed by atoms with van der Waals surface area (Å²) in [4.78, 5) is 0.130. The first-order valence-electron chi connectivity index (χ1n) is 6.74. The van der Waals surface area contributed by atoms with Gasteiger partial charge in [0.1, 0.15) is 0 Å². The Kier molecular flexibility index (Phi) is 4.34. The fraction of sp³-hybridized carbons (Fsp3) is 0.250. The number of nitrogens with two attached hydrogens (primary N) is 1. The van der Waals surface area contributed by atoms with Crippen molar-refractivity contribution in [3.63, 3.8) is 0 Å². The molecule has 0 radical (unpaired) electrons. The van der Waals surface area contributed by atoms with E-state index >= 15 is 0 Å². The molecule has 0 aliphatic carbocycles. The monoisotopic (exact) mass is 304 g/mol. The molecule has 0 saturated carbocycles. The van der Waals surface area contributed by atoms with Gasteiger partial charge < -0.3 is 5.32 Å². The van der Waals surface area contributed by atoms with Crippen LogP contribution in [0.5, 0.6) is 0 Å². The van der Waals surface area contributed by atoms with Crippen molar-refractivity contribution < 1.29 is 8.42 Å². The summed E-state index contributed by atoms with van der Waals surface area (Å²) < 4.78 is 22.5. The van der Waals surface area contributed by atoms with E-state index in [1.54, 1.807) is 12.1 Å². The minimum atomic E-state index is -3.64. The molecule has 0 aromatic heterocycles. The third kappa shape index (κ3) is 3.83. The molecule has 0 aliphatic heterocycles. The second-order valence-electron chi connectivity index (χ2n) is 5.30. The van der Waals surface area contributed by atoms with Gasteiger partial charge in [-0.25, -0.2) is 13.6 Å². The molecular formula is C16H20N2O2S. The molecular weight excluding hydrogens is 284 g/mol. The molecule has 112 valence electrons. The van der Waals surface area contributed by atoms with Gasteiger partial charge in [0.2, 0.25) is 10.0 Å². The molecule has 0 saturated heterocycles. The lowest BCUT2D eigenvalue weighted by atomic mass is 10.1. The highest BCUT2D eigenvalue weighted by Gasteiger charge is 2.10. The van der Waals surface area contributed by atoms with Crippen LogP contribution in [0.4, 0.5) is 5.69 Å². The number of benzene rings is 2. The average Bonchev–Trinajstić information content (AvgIpc) is 2.42. The Bertz CT molecular complexity index is 737. The van der Waals surface area contributed by atoms with Gasteiger partial charge in [-0.3, -0.25) is 0 Å². The first-order valence-corrected chi connectivity index (χ1v) is 8.28. The highest BCUT2D eigenvalue weighted by molar-refractivity contribution is 7.89. The number of nitrogens with one attached hydrogen (secondary N) is 1. The molecule has 0 heterocycles. The van der Waals surface area contributed by atoms with Crippen LogP contribution in [0, 0.1) is 13.8 Å². The summed E-state index contributed by atoms with van der Waals surface area (Å²) in [7, 11) is -3.64. The Labute approximate surface area is 126 Å². The van der Waals surface area contributed by atoms with Crippen molar-refractivity contribution in [2.24, 2.45) is 5.14 Å². The third-order valence-electron chi connectivity index (χ3n) is 3.47. The van der Waals surface area contributed by atoms with Gasteiger partial charge in [-0.2, -0.15) is 0 Å². The van der Waals surface area contributed by atoms with E-state index < -0.39 is 10.0 Å². The Morgan fingerprint density at radius 2 is 1.67 bits per heavy atom. The first kappa shape index (κ1) is 15.5. The summed E-state index contributed by atoms with van der Waals surface area (Å²) in [6.07, 6.45) is 0. The number of hydrogen-bond acceptors (Lipinski definition) is 3. The molecule has 0 bridgehead atoms. The van der Waals surface area contributed by atoms with E-state index in [4.69, 9.17) is 5.14 Å². The van der Waals surface area contributed by atoms with Gasteiger partial charge in [0.25, 0.3) is 0 Å². The van der Waals surface area contributed by atoms with Crippen molar-refractivity contribution >= 4 is 15.7 Å². The maximum atomic E-state index is 11.2. The standard InChI is InChI=1S/C16H20N2O2S/c1-11-4-5-12(2)16(10-11)18-13(3)14-6-8-15(9-7-14)21(17,19)20/h4-10,13,18H,1-3H3,(H2,17,19,20). The first-order chi connectivity index (χ1) is 9.77. The molecule has 0 aliphatic rings. The Balaban J connectivity index is 2.20. The van der Waals surface area contributed by atoms with Crippen molar-refractivity contribution in [1.82, 2.24) is 0 Å². The third-order valence-corrected chi connectivity index (χ3v) is 4.40. The second-order valence-corrected chi connectivity index (χ2v) is 6.86. The topological polar surface area (TPSA) is 72.2 Å². The summed E-state index contributed by atoms with van der Waals surface area (Å²) >= 11 is 0. The van der Waals surface area contributed by atoms with E-state index in [-0.39, 0.29) is 10.9 Å².